The van der Waals surface area contributed by atoms with E-state index in [-0.39, 0.29) is 5.56 Å². The van der Waals surface area contributed by atoms with Crippen molar-refractivity contribution in [1.82, 2.24) is 9.55 Å². The summed E-state index contributed by atoms with van der Waals surface area (Å²) in [4.78, 5) is 14.5. The SMILES string of the molecule is NCCCCc1ccccc1-c1cc(=O)[nH]c(=S)n1CCN. The molecule has 1 heterocycles. The van der Waals surface area contributed by atoms with Gasteiger partial charge in [0.25, 0.3) is 5.56 Å². The van der Waals surface area contributed by atoms with Crippen LogP contribution in [-0.4, -0.2) is 22.6 Å². The average molecular weight is 318 g/mol. The highest BCUT2D eigenvalue weighted by molar-refractivity contribution is 7.71. The molecule has 0 fully saturated rings. The van der Waals surface area contributed by atoms with Crippen molar-refractivity contribution in [3.8, 4) is 11.3 Å². The molecule has 0 atom stereocenters. The van der Waals surface area contributed by atoms with Gasteiger partial charge in [0.15, 0.2) is 4.77 Å². The molecule has 1 aromatic carbocycles. The Kier molecular flexibility index (Phi) is 6.06. The number of hydrogen-bond donors (Lipinski definition) is 3. The van der Waals surface area contributed by atoms with Crippen molar-refractivity contribution in [2.45, 2.75) is 25.8 Å². The van der Waals surface area contributed by atoms with Gasteiger partial charge >= 0.3 is 0 Å². The van der Waals surface area contributed by atoms with Crippen molar-refractivity contribution < 1.29 is 0 Å². The topological polar surface area (TPSA) is 89.8 Å². The molecule has 0 aliphatic heterocycles. The fraction of sp³-hybridized carbons (Fsp3) is 0.375. The van der Waals surface area contributed by atoms with Crippen molar-refractivity contribution in [1.29, 1.82) is 0 Å². The number of rotatable bonds is 7. The molecule has 22 heavy (non-hydrogen) atoms. The summed E-state index contributed by atoms with van der Waals surface area (Å²) in [5, 5.41) is 0. The van der Waals surface area contributed by atoms with Crippen molar-refractivity contribution in [3.05, 3.63) is 51.0 Å². The summed E-state index contributed by atoms with van der Waals surface area (Å²) in [7, 11) is 0. The first-order valence-corrected chi connectivity index (χ1v) is 7.90. The first-order chi connectivity index (χ1) is 10.7. The predicted molar refractivity (Wildman–Crippen MR) is 92.4 cm³/mol. The second-order valence-corrected chi connectivity index (χ2v) is 5.55. The van der Waals surface area contributed by atoms with E-state index in [1.807, 2.05) is 22.8 Å². The molecule has 2 rings (SSSR count). The van der Waals surface area contributed by atoms with Crippen LogP contribution in [0.2, 0.25) is 0 Å². The molecule has 0 aliphatic carbocycles. The lowest BCUT2D eigenvalue weighted by molar-refractivity contribution is 0.679. The molecule has 0 aliphatic rings. The lowest BCUT2D eigenvalue weighted by atomic mass is 9.99. The molecular formula is C16H22N4OS. The van der Waals surface area contributed by atoms with E-state index in [0.29, 0.717) is 24.4 Å². The lowest BCUT2D eigenvalue weighted by Gasteiger charge is -2.16. The van der Waals surface area contributed by atoms with Crippen LogP contribution in [0.15, 0.2) is 35.1 Å². The first kappa shape index (κ1) is 16.6. The molecule has 0 saturated heterocycles. The second-order valence-electron chi connectivity index (χ2n) is 5.17. The van der Waals surface area contributed by atoms with Gasteiger partial charge in [0.2, 0.25) is 0 Å². The van der Waals surface area contributed by atoms with Crippen LogP contribution in [0.25, 0.3) is 11.3 Å². The third-order valence-electron chi connectivity index (χ3n) is 3.58. The van der Waals surface area contributed by atoms with Gasteiger partial charge in [-0.25, -0.2) is 0 Å². The zero-order chi connectivity index (χ0) is 15.9. The van der Waals surface area contributed by atoms with Gasteiger partial charge in [-0.15, -0.1) is 0 Å². The summed E-state index contributed by atoms with van der Waals surface area (Å²) in [6, 6.07) is 9.68. The largest absolute Gasteiger partial charge is 0.330 e. The fourth-order valence-corrected chi connectivity index (χ4v) is 2.83. The second kappa shape index (κ2) is 8.03. The van der Waals surface area contributed by atoms with Crippen LogP contribution >= 0.6 is 12.2 Å². The number of H-pyrrole nitrogens is 1. The van der Waals surface area contributed by atoms with Gasteiger partial charge in [-0.3, -0.25) is 9.78 Å². The van der Waals surface area contributed by atoms with E-state index in [2.05, 4.69) is 11.1 Å². The number of nitrogens with one attached hydrogen (secondary N) is 1. The number of aromatic amines is 1. The van der Waals surface area contributed by atoms with Crippen molar-refractivity contribution in [2.24, 2.45) is 11.5 Å². The molecule has 0 saturated carbocycles. The molecule has 2 aromatic rings. The van der Waals surface area contributed by atoms with E-state index in [9.17, 15) is 4.79 Å². The van der Waals surface area contributed by atoms with Gasteiger partial charge in [0.05, 0.1) is 5.69 Å². The number of unbranched alkanes of at least 4 members (excludes halogenated alkanes) is 1. The third kappa shape index (κ3) is 3.91. The molecule has 5 nitrogen and oxygen atoms in total. The van der Waals surface area contributed by atoms with Crippen LogP contribution in [0, 0.1) is 4.77 Å². The standard InChI is InChI=1S/C16H22N4OS/c17-8-4-3-6-12-5-1-2-7-13(12)14-11-15(21)19-16(22)20(14)10-9-18/h1-2,5,7,11H,3-4,6,8-10,17-18H2,(H,19,21,22). The van der Waals surface area contributed by atoms with Crippen molar-refractivity contribution in [3.63, 3.8) is 0 Å². The maximum Gasteiger partial charge on any atom is 0.252 e. The lowest BCUT2D eigenvalue weighted by Crippen LogP contribution is -2.19. The summed E-state index contributed by atoms with van der Waals surface area (Å²) in [5.41, 5.74) is 14.1. The number of aryl methyl sites for hydroxylation is 1. The van der Waals surface area contributed by atoms with Crippen molar-refractivity contribution in [2.75, 3.05) is 13.1 Å². The van der Waals surface area contributed by atoms with E-state index >= 15 is 0 Å². The van der Waals surface area contributed by atoms with E-state index in [1.165, 1.54) is 5.56 Å². The number of nitrogens with two attached hydrogens (primary N) is 2. The molecule has 0 spiro atoms. The van der Waals surface area contributed by atoms with Gasteiger partial charge in [0, 0.05) is 24.7 Å². The Morgan fingerprint density at radius 2 is 1.91 bits per heavy atom. The Hall–Kier alpha value is -1.76. The Morgan fingerprint density at radius 1 is 1.14 bits per heavy atom. The van der Waals surface area contributed by atoms with Crippen LogP contribution < -0.4 is 17.0 Å². The molecule has 5 N–H and O–H groups in total. The van der Waals surface area contributed by atoms with Crippen LogP contribution in [0.1, 0.15) is 18.4 Å². The Balaban J connectivity index is 2.51. The molecule has 118 valence electrons. The van der Waals surface area contributed by atoms with Gasteiger partial charge in [-0.1, -0.05) is 24.3 Å². The Morgan fingerprint density at radius 3 is 2.64 bits per heavy atom. The zero-order valence-electron chi connectivity index (χ0n) is 12.5. The van der Waals surface area contributed by atoms with E-state index in [1.54, 1.807) is 6.07 Å². The quantitative estimate of drug-likeness (QED) is 0.536. The van der Waals surface area contributed by atoms with Crippen LogP contribution in [-0.2, 0) is 13.0 Å². The minimum atomic E-state index is -0.190. The highest BCUT2D eigenvalue weighted by Gasteiger charge is 2.10. The summed E-state index contributed by atoms with van der Waals surface area (Å²) < 4.78 is 2.29. The maximum atomic E-state index is 11.8. The molecule has 0 unspecified atom stereocenters. The van der Waals surface area contributed by atoms with Crippen LogP contribution in [0.4, 0.5) is 0 Å². The van der Waals surface area contributed by atoms with Gasteiger partial charge in [0.1, 0.15) is 0 Å². The van der Waals surface area contributed by atoms with E-state index in [4.69, 9.17) is 23.7 Å². The van der Waals surface area contributed by atoms with Crippen molar-refractivity contribution >= 4 is 12.2 Å². The molecule has 0 radical (unpaired) electrons. The average Bonchev–Trinajstić information content (AvgIpc) is 2.50. The molecular weight excluding hydrogens is 296 g/mol. The van der Waals surface area contributed by atoms with Crippen LogP contribution in [0.5, 0.6) is 0 Å². The summed E-state index contributed by atoms with van der Waals surface area (Å²) in [6.07, 6.45) is 2.93. The number of benzene rings is 1. The number of aromatic nitrogens is 2. The first-order valence-electron chi connectivity index (χ1n) is 7.50. The zero-order valence-corrected chi connectivity index (χ0v) is 13.4. The fourth-order valence-electron chi connectivity index (χ4n) is 2.54. The van der Waals surface area contributed by atoms with Gasteiger partial charge in [-0.2, -0.15) is 0 Å². The Bertz CT molecular complexity index is 735. The normalized spacial score (nSPS) is 10.8. The molecule has 1 aromatic heterocycles. The highest BCUT2D eigenvalue weighted by Crippen LogP contribution is 2.24. The molecule has 6 heteroatoms. The minimum Gasteiger partial charge on any atom is -0.330 e. The highest BCUT2D eigenvalue weighted by atomic mass is 32.1. The monoisotopic (exact) mass is 318 g/mol. The number of hydrogen-bond acceptors (Lipinski definition) is 4. The maximum absolute atomic E-state index is 11.8. The third-order valence-corrected chi connectivity index (χ3v) is 3.90. The summed E-state index contributed by atoms with van der Waals surface area (Å²) in [6.45, 7) is 1.72. The van der Waals surface area contributed by atoms with Gasteiger partial charge < -0.3 is 16.0 Å². The van der Waals surface area contributed by atoms with Gasteiger partial charge in [-0.05, 0) is 43.6 Å². The van der Waals surface area contributed by atoms with Crippen LogP contribution in [0.3, 0.4) is 0 Å². The van der Waals surface area contributed by atoms with E-state index in [0.717, 1.165) is 30.5 Å². The summed E-state index contributed by atoms with van der Waals surface area (Å²) in [5.74, 6) is 0. The molecule has 0 amide bonds. The molecule has 0 bridgehead atoms. The number of nitrogens with zero attached hydrogens (tertiary/aromatic N) is 1. The summed E-state index contributed by atoms with van der Waals surface area (Å²) >= 11 is 5.28. The smallest absolute Gasteiger partial charge is 0.252 e. The van der Waals surface area contributed by atoms with E-state index < -0.39 is 0 Å². The predicted octanol–water partition coefficient (Wildman–Crippen LogP) is 1.81. The minimum absolute atomic E-state index is 0.190. The Labute approximate surface area is 135 Å².